The van der Waals surface area contributed by atoms with Gasteiger partial charge in [0.25, 0.3) is 0 Å². The van der Waals surface area contributed by atoms with Crippen molar-refractivity contribution in [2.24, 2.45) is 11.8 Å². The van der Waals surface area contributed by atoms with Gasteiger partial charge < -0.3 is 19.5 Å². The third-order valence-electron chi connectivity index (χ3n) is 11.6. The van der Waals surface area contributed by atoms with Gasteiger partial charge in [-0.15, -0.1) is 11.3 Å². The minimum Gasteiger partial charge on any atom is -0.469 e. The monoisotopic (exact) mass is 816 g/mol. The van der Waals surface area contributed by atoms with Gasteiger partial charge in [-0.2, -0.15) is 0 Å². The first kappa shape index (κ1) is 41.6. The number of esters is 1. The molecular weight excluding hydrogens is 765 g/mol. The molecular formula is C46H52N6O6S. The van der Waals surface area contributed by atoms with Gasteiger partial charge in [0, 0.05) is 25.1 Å². The maximum Gasteiger partial charge on any atom is 0.306 e. The number of likely N-dealkylation sites (tertiary alicyclic amines) is 2. The molecule has 5 aromatic rings. The Balaban J connectivity index is 0.974. The van der Waals surface area contributed by atoms with E-state index in [0.29, 0.717) is 19.5 Å². The van der Waals surface area contributed by atoms with Gasteiger partial charge in [-0.1, -0.05) is 74.5 Å². The van der Waals surface area contributed by atoms with E-state index in [1.165, 1.54) is 7.11 Å². The van der Waals surface area contributed by atoms with Gasteiger partial charge in [0.15, 0.2) is 5.78 Å². The van der Waals surface area contributed by atoms with E-state index < -0.39 is 18.0 Å². The van der Waals surface area contributed by atoms with Crippen molar-refractivity contribution in [3.8, 4) is 21.8 Å². The van der Waals surface area contributed by atoms with Crippen molar-refractivity contribution in [1.29, 1.82) is 0 Å². The summed E-state index contributed by atoms with van der Waals surface area (Å²) in [6, 6.07) is 22.1. The molecule has 4 atom stereocenters. The standard InChI is InChI=1S/C46H52N6O6S/c1-28(2)34(26-41(55)58-5)45(56)52-22-10-14-38(52)43-47-27-36(48-43)30-16-18-32(19-17-30)44-49-35-20-15-29(24-40(35)59-44)23-33(53)25-39(54)37-13-9-21-51(37)46(57)42(50(3)4)31-11-7-6-8-12-31/h6-8,11-12,15-20,24,27-28,34,37-38,42H,9-10,13-14,21-23,25-26H2,1-5H3,(H,47,48)/t34-,37-,38-,42+/m0/s1. The van der Waals surface area contributed by atoms with Gasteiger partial charge >= 0.3 is 5.97 Å². The van der Waals surface area contributed by atoms with Crippen LogP contribution < -0.4 is 0 Å². The summed E-state index contributed by atoms with van der Waals surface area (Å²) in [6.45, 7) is 5.03. The molecule has 1 N–H and O–H groups in total. The van der Waals surface area contributed by atoms with Gasteiger partial charge in [0.05, 0.1) is 60.1 Å². The number of imidazole rings is 1. The van der Waals surface area contributed by atoms with E-state index in [-0.39, 0.29) is 60.6 Å². The van der Waals surface area contributed by atoms with Crippen molar-refractivity contribution in [3.05, 3.63) is 95.9 Å². The number of ketones is 2. The Bertz CT molecular complexity index is 2320. The number of nitrogens with zero attached hydrogens (tertiary/aromatic N) is 5. The van der Waals surface area contributed by atoms with Gasteiger partial charge in [-0.05, 0) is 74.5 Å². The van der Waals surface area contributed by atoms with E-state index >= 15 is 0 Å². The number of Topliss-reactive ketones (excluding diaryl/α,β-unsaturated/α-hetero) is 2. The van der Waals surface area contributed by atoms with Crippen molar-refractivity contribution in [1.82, 2.24) is 29.7 Å². The van der Waals surface area contributed by atoms with Crippen LogP contribution in [0.3, 0.4) is 0 Å². The molecule has 59 heavy (non-hydrogen) atoms. The summed E-state index contributed by atoms with van der Waals surface area (Å²) in [5.74, 6) is -0.646. The van der Waals surface area contributed by atoms with Crippen LogP contribution in [0, 0.1) is 11.8 Å². The number of H-pyrrole nitrogens is 1. The number of fused-ring (bicyclic) bond motifs is 1. The molecule has 3 aromatic carbocycles. The molecule has 2 aliphatic heterocycles. The van der Waals surface area contributed by atoms with E-state index in [4.69, 9.17) is 9.72 Å². The van der Waals surface area contributed by atoms with Crippen LogP contribution in [0.15, 0.2) is 79.0 Å². The number of rotatable bonds is 15. The number of amides is 2. The highest BCUT2D eigenvalue weighted by Crippen LogP contribution is 2.36. The SMILES string of the molecule is COC(=O)C[C@H](C(=O)N1CCC[C@H]1c1ncc(-c2ccc(-c3nc4ccc(CC(=O)CC(=O)[C@@H]5CCCN5C(=O)[C@@H](c5ccccc5)N(C)C)cc4s3)cc2)[nH]1)C(C)C. The summed E-state index contributed by atoms with van der Waals surface area (Å²) in [4.78, 5) is 84.6. The van der Waals surface area contributed by atoms with E-state index in [9.17, 15) is 24.0 Å². The molecule has 12 nitrogen and oxygen atoms in total. The van der Waals surface area contributed by atoms with Crippen LogP contribution in [0.1, 0.15) is 81.4 Å². The van der Waals surface area contributed by atoms with Gasteiger partial charge in [-0.25, -0.2) is 9.97 Å². The second kappa shape index (κ2) is 18.2. The number of hydrogen-bond donors (Lipinski definition) is 1. The molecule has 0 bridgehead atoms. The summed E-state index contributed by atoms with van der Waals surface area (Å²) in [5, 5.41) is 0.847. The van der Waals surface area contributed by atoms with E-state index in [1.54, 1.807) is 22.4 Å². The normalized spacial score (nSPS) is 17.8. The fourth-order valence-electron chi connectivity index (χ4n) is 8.47. The second-order valence-electron chi connectivity index (χ2n) is 16.2. The number of methoxy groups -OCH3 is 1. The number of nitrogens with one attached hydrogen (secondary N) is 1. The average Bonchev–Trinajstić information content (AvgIpc) is 4.06. The first-order valence-electron chi connectivity index (χ1n) is 20.4. The zero-order valence-electron chi connectivity index (χ0n) is 34.4. The smallest absolute Gasteiger partial charge is 0.306 e. The second-order valence-corrected chi connectivity index (χ2v) is 17.3. The van der Waals surface area contributed by atoms with Crippen molar-refractivity contribution in [3.63, 3.8) is 0 Å². The van der Waals surface area contributed by atoms with Crippen LogP contribution >= 0.6 is 11.3 Å². The summed E-state index contributed by atoms with van der Waals surface area (Å²) in [7, 11) is 5.07. The first-order valence-corrected chi connectivity index (χ1v) is 21.2. The number of aromatic nitrogens is 3. The number of carbonyl (C=O) groups excluding carboxylic acids is 5. The third-order valence-corrected chi connectivity index (χ3v) is 12.7. The molecule has 2 aliphatic rings. The number of benzene rings is 3. The number of hydrogen-bond acceptors (Lipinski definition) is 10. The van der Waals surface area contributed by atoms with Crippen LogP contribution in [0.5, 0.6) is 0 Å². The number of thiazole rings is 1. The minimum atomic E-state index is -0.595. The molecule has 2 aromatic heterocycles. The van der Waals surface area contributed by atoms with Crippen molar-refractivity contribution in [2.45, 2.75) is 76.9 Å². The van der Waals surface area contributed by atoms with Crippen LogP contribution in [-0.4, -0.2) is 99.3 Å². The molecule has 0 radical (unpaired) electrons. The van der Waals surface area contributed by atoms with Gasteiger partial charge in [-0.3, -0.25) is 28.9 Å². The molecule has 308 valence electrons. The highest BCUT2D eigenvalue weighted by Gasteiger charge is 2.39. The number of aromatic amines is 1. The predicted octanol–water partition coefficient (Wildman–Crippen LogP) is 7.22. The van der Waals surface area contributed by atoms with Crippen molar-refractivity contribution >= 4 is 50.9 Å². The lowest BCUT2D eigenvalue weighted by Crippen LogP contribution is -2.46. The van der Waals surface area contributed by atoms with E-state index in [0.717, 1.165) is 68.3 Å². The number of likely N-dealkylation sites (N-methyl/N-ethyl adjacent to an activating group) is 1. The molecule has 0 aliphatic carbocycles. The van der Waals surface area contributed by atoms with Gasteiger partial charge in [0.2, 0.25) is 11.8 Å². The Morgan fingerprint density at radius 1 is 0.898 bits per heavy atom. The molecule has 2 saturated heterocycles. The Kier molecular flexibility index (Phi) is 12.8. The van der Waals surface area contributed by atoms with Crippen molar-refractivity contribution in [2.75, 3.05) is 34.3 Å². The lowest BCUT2D eigenvalue weighted by atomic mass is 9.91. The highest BCUT2D eigenvalue weighted by atomic mass is 32.1. The quantitative estimate of drug-likeness (QED) is 0.0856. The molecule has 2 amide bonds. The molecule has 13 heteroatoms. The molecule has 2 fully saturated rings. The minimum absolute atomic E-state index is 0.00606. The fraction of sp³-hybridized carbons (Fsp3) is 0.413. The molecule has 0 saturated carbocycles. The number of carbonyl (C=O) groups is 5. The average molecular weight is 817 g/mol. The number of ether oxygens (including phenoxy) is 1. The van der Waals surface area contributed by atoms with Gasteiger partial charge in [0.1, 0.15) is 22.7 Å². The van der Waals surface area contributed by atoms with E-state index in [2.05, 4.69) is 9.97 Å². The molecule has 0 unspecified atom stereocenters. The zero-order chi connectivity index (χ0) is 41.8. The summed E-state index contributed by atoms with van der Waals surface area (Å²) in [5.41, 5.74) is 5.26. The molecule has 4 heterocycles. The lowest BCUT2D eigenvalue weighted by Gasteiger charge is -2.31. The topological polar surface area (TPSA) is 146 Å². The predicted molar refractivity (Wildman–Crippen MR) is 227 cm³/mol. The first-order chi connectivity index (χ1) is 28.4. The lowest BCUT2D eigenvalue weighted by molar-refractivity contribution is -0.148. The fourth-order valence-corrected chi connectivity index (χ4v) is 9.50. The van der Waals surface area contributed by atoms with E-state index in [1.807, 2.05) is 111 Å². The third kappa shape index (κ3) is 9.21. The Labute approximate surface area is 349 Å². The maximum atomic E-state index is 13.7. The highest BCUT2D eigenvalue weighted by molar-refractivity contribution is 7.21. The molecule has 7 rings (SSSR count). The summed E-state index contributed by atoms with van der Waals surface area (Å²) >= 11 is 1.54. The Morgan fingerprint density at radius 2 is 1.61 bits per heavy atom. The van der Waals surface area contributed by atoms with Crippen LogP contribution in [0.2, 0.25) is 0 Å². The largest absolute Gasteiger partial charge is 0.469 e. The van der Waals surface area contributed by atoms with Crippen LogP contribution in [-0.2, 0) is 35.1 Å². The molecule has 0 spiro atoms. The van der Waals surface area contributed by atoms with Crippen LogP contribution in [0.4, 0.5) is 0 Å². The zero-order valence-corrected chi connectivity index (χ0v) is 35.2. The Hall–Kier alpha value is -5.53. The Morgan fingerprint density at radius 3 is 2.32 bits per heavy atom. The summed E-state index contributed by atoms with van der Waals surface area (Å²) < 4.78 is 5.81. The van der Waals surface area contributed by atoms with Crippen LogP contribution in [0.25, 0.3) is 32.0 Å². The van der Waals surface area contributed by atoms with Crippen molar-refractivity contribution < 1.29 is 28.7 Å². The maximum absolute atomic E-state index is 13.7. The summed E-state index contributed by atoms with van der Waals surface area (Å²) in [6.07, 6.45) is 4.71.